The van der Waals surface area contributed by atoms with E-state index in [1.807, 2.05) is 6.92 Å². The number of hydrogen-bond acceptors (Lipinski definition) is 4. The van der Waals surface area contributed by atoms with E-state index in [2.05, 4.69) is 16.7 Å². The van der Waals surface area contributed by atoms with E-state index in [0.717, 1.165) is 25.7 Å². The number of carbonyl (C=O) groups excluding carboxylic acids is 1. The Balaban J connectivity index is 1.86. The Morgan fingerprint density at radius 1 is 1.18 bits per heavy atom. The number of rotatable bonds is 7. The fourth-order valence-electron chi connectivity index (χ4n) is 3.57. The van der Waals surface area contributed by atoms with Crippen LogP contribution in [0.15, 0.2) is 0 Å². The summed E-state index contributed by atoms with van der Waals surface area (Å²) in [5, 5.41) is 25.2. The van der Waals surface area contributed by atoms with Crippen LogP contribution in [0, 0.1) is 23.2 Å². The maximum absolute atomic E-state index is 12.2. The fraction of sp³-hybridized carbons (Fsp3) is 0.882. The molecule has 2 saturated carbocycles. The number of aliphatic hydroxyl groups excluding tert-OH is 1. The molecule has 0 aromatic heterocycles. The van der Waals surface area contributed by atoms with Crippen LogP contribution in [0.25, 0.3) is 0 Å². The number of nitrogens with one attached hydrogen (secondary N) is 2. The lowest BCUT2D eigenvalue weighted by Gasteiger charge is -2.39. The standard InChI is InChI=1S/C17H29N3O2/c1-16(11-18,14-8-9-14)20-15(22)10-19-17(2,12-21)13-6-4-3-5-7-13/h13-14,19,21H,3-10,12H2,1-2H3,(H,20,22)/t16-,17-/m0/s1. The Bertz CT molecular complexity index is 438. The van der Waals surface area contributed by atoms with Crippen molar-refractivity contribution < 1.29 is 9.90 Å². The number of nitriles is 1. The first-order valence-electron chi connectivity index (χ1n) is 8.51. The summed E-state index contributed by atoms with van der Waals surface area (Å²) >= 11 is 0. The van der Waals surface area contributed by atoms with Crippen LogP contribution in [0.3, 0.4) is 0 Å². The van der Waals surface area contributed by atoms with Gasteiger partial charge < -0.3 is 15.7 Å². The van der Waals surface area contributed by atoms with Crippen molar-refractivity contribution in [3.05, 3.63) is 0 Å². The average molecular weight is 307 g/mol. The maximum Gasteiger partial charge on any atom is 0.235 e. The van der Waals surface area contributed by atoms with Crippen molar-refractivity contribution in [3.63, 3.8) is 0 Å². The van der Waals surface area contributed by atoms with E-state index >= 15 is 0 Å². The minimum atomic E-state index is -0.751. The molecular weight excluding hydrogens is 278 g/mol. The van der Waals surface area contributed by atoms with Crippen molar-refractivity contribution in [2.75, 3.05) is 13.2 Å². The smallest absolute Gasteiger partial charge is 0.235 e. The molecule has 0 aliphatic heterocycles. The number of nitrogens with zero attached hydrogens (tertiary/aromatic N) is 1. The van der Waals surface area contributed by atoms with E-state index in [1.54, 1.807) is 6.92 Å². The molecule has 0 saturated heterocycles. The normalized spacial score (nSPS) is 24.8. The molecule has 3 N–H and O–H groups in total. The third-order valence-corrected chi connectivity index (χ3v) is 5.51. The number of carbonyl (C=O) groups is 1. The molecule has 2 aliphatic rings. The lowest BCUT2D eigenvalue weighted by Crippen LogP contribution is -2.57. The molecule has 2 atom stereocenters. The van der Waals surface area contributed by atoms with Gasteiger partial charge in [0.25, 0.3) is 0 Å². The maximum atomic E-state index is 12.2. The highest BCUT2D eigenvalue weighted by atomic mass is 16.3. The highest BCUT2D eigenvalue weighted by Crippen LogP contribution is 2.39. The van der Waals surface area contributed by atoms with Crippen molar-refractivity contribution in [2.45, 2.75) is 69.9 Å². The highest BCUT2D eigenvalue weighted by Gasteiger charge is 2.43. The SMILES string of the molecule is C[C@@](C#N)(NC(=O)CN[C@@](C)(CO)C1CCCCC1)C1CC1. The Morgan fingerprint density at radius 3 is 2.32 bits per heavy atom. The van der Waals surface area contributed by atoms with E-state index in [0.29, 0.717) is 5.92 Å². The van der Waals surface area contributed by atoms with Crippen molar-refractivity contribution >= 4 is 5.91 Å². The molecule has 1 amide bonds. The van der Waals surface area contributed by atoms with E-state index in [-0.39, 0.29) is 25.0 Å². The van der Waals surface area contributed by atoms with Gasteiger partial charge in [0.1, 0.15) is 5.54 Å². The summed E-state index contributed by atoms with van der Waals surface area (Å²) in [6, 6.07) is 2.24. The monoisotopic (exact) mass is 307 g/mol. The van der Waals surface area contributed by atoms with E-state index in [1.165, 1.54) is 19.3 Å². The van der Waals surface area contributed by atoms with Crippen LogP contribution in [0.2, 0.25) is 0 Å². The van der Waals surface area contributed by atoms with Crippen LogP contribution in [0.1, 0.15) is 58.8 Å². The summed E-state index contributed by atoms with van der Waals surface area (Å²) < 4.78 is 0. The largest absolute Gasteiger partial charge is 0.394 e. The molecule has 0 spiro atoms. The van der Waals surface area contributed by atoms with Crippen LogP contribution < -0.4 is 10.6 Å². The molecule has 0 bridgehead atoms. The predicted octanol–water partition coefficient (Wildman–Crippen LogP) is 1.72. The summed E-state index contributed by atoms with van der Waals surface area (Å²) in [7, 11) is 0. The van der Waals surface area contributed by atoms with Gasteiger partial charge in [-0.25, -0.2) is 0 Å². The first-order valence-corrected chi connectivity index (χ1v) is 8.51. The first-order chi connectivity index (χ1) is 10.4. The lowest BCUT2D eigenvalue weighted by molar-refractivity contribution is -0.122. The molecule has 2 fully saturated rings. The second-order valence-corrected chi connectivity index (χ2v) is 7.40. The van der Waals surface area contributed by atoms with Crippen LogP contribution >= 0.6 is 0 Å². The summed E-state index contributed by atoms with van der Waals surface area (Å²) in [4.78, 5) is 12.2. The molecule has 0 aromatic rings. The Labute approximate surface area is 133 Å². The van der Waals surface area contributed by atoms with Gasteiger partial charge in [-0.05, 0) is 51.4 Å². The molecule has 0 radical (unpaired) electrons. The Kier molecular flexibility index (Phi) is 5.46. The van der Waals surface area contributed by atoms with Gasteiger partial charge in [0.05, 0.1) is 19.2 Å². The van der Waals surface area contributed by atoms with Crippen molar-refractivity contribution in [2.24, 2.45) is 11.8 Å². The fourth-order valence-corrected chi connectivity index (χ4v) is 3.57. The predicted molar refractivity (Wildman–Crippen MR) is 85.0 cm³/mol. The van der Waals surface area contributed by atoms with Gasteiger partial charge in [0.15, 0.2) is 0 Å². The van der Waals surface area contributed by atoms with Crippen LogP contribution in [0.4, 0.5) is 0 Å². The molecule has 2 rings (SSSR count). The molecule has 5 heteroatoms. The van der Waals surface area contributed by atoms with Crippen molar-refractivity contribution in [1.29, 1.82) is 5.26 Å². The Morgan fingerprint density at radius 2 is 1.82 bits per heavy atom. The average Bonchev–Trinajstić information content (AvgIpc) is 3.38. The molecule has 124 valence electrons. The van der Waals surface area contributed by atoms with Crippen LogP contribution in [-0.2, 0) is 4.79 Å². The minimum absolute atomic E-state index is 0.0308. The molecule has 2 aliphatic carbocycles. The van der Waals surface area contributed by atoms with Gasteiger partial charge in [0, 0.05) is 5.54 Å². The Hall–Kier alpha value is -1.12. The molecule has 0 heterocycles. The number of hydrogen-bond donors (Lipinski definition) is 3. The summed E-state index contributed by atoms with van der Waals surface area (Å²) in [6.07, 6.45) is 7.88. The number of aliphatic hydroxyl groups is 1. The molecular formula is C17H29N3O2. The van der Waals surface area contributed by atoms with E-state index in [4.69, 9.17) is 0 Å². The molecule has 0 aromatic carbocycles. The second-order valence-electron chi connectivity index (χ2n) is 7.40. The van der Waals surface area contributed by atoms with Gasteiger partial charge in [-0.15, -0.1) is 0 Å². The molecule has 0 unspecified atom stereocenters. The van der Waals surface area contributed by atoms with Gasteiger partial charge in [-0.1, -0.05) is 19.3 Å². The lowest BCUT2D eigenvalue weighted by atomic mass is 9.76. The third kappa shape index (κ3) is 3.99. The minimum Gasteiger partial charge on any atom is -0.394 e. The summed E-state index contributed by atoms with van der Waals surface area (Å²) in [6.45, 7) is 3.98. The third-order valence-electron chi connectivity index (χ3n) is 5.51. The zero-order valence-corrected chi connectivity index (χ0v) is 13.8. The van der Waals surface area contributed by atoms with Crippen LogP contribution in [-0.4, -0.2) is 35.2 Å². The van der Waals surface area contributed by atoms with Crippen molar-refractivity contribution in [3.8, 4) is 6.07 Å². The second kappa shape index (κ2) is 6.97. The molecule has 5 nitrogen and oxygen atoms in total. The van der Waals surface area contributed by atoms with Crippen molar-refractivity contribution in [1.82, 2.24) is 10.6 Å². The molecule has 22 heavy (non-hydrogen) atoms. The topological polar surface area (TPSA) is 85.2 Å². The van der Waals surface area contributed by atoms with Gasteiger partial charge >= 0.3 is 0 Å². The quantitative estimate of drug-likeness (QED) is 0.668. The zero-order chi connectivity index (χ0) is 16.2. The van der Waals surface area contributed by atoms with Crippen LogP contribution in [0.5, 0.6) is 0 Å². The zero-order valence-electron chi connectivity index (χ0n) is 13.8. The van der Waals surface area contributed by atoms with Gasteiger partial charge in [-0.2, -0.15) is 5.26 Å². The summed E-state index contributed by atoms with van der Waals surface area (Å²) in [5.74, 6) is 0.528. The van der Waals surface area contributed by atoms with Gasteiger partial charge in [-0.3, -0.25) is 4.79 Å². The van der Waals surface area contributed by atoms with Gasteiger partial charge in [0.2, 0.25) is 5.91 Å². The first kappa shape index (κ1) is 17.2. The van der Waals surface area contributed by atoms with E-state index in [9.17, 15) is 15.2 Å². The summed E-state index contributed by atoms with van der Waals surface area (Å²) in [5.41, 5.74) is -1.17. The highest BCUT2D eigenvalue weighted by molar-refractivity contribution is 5.79. The van der Waals surface area contributed by atoms with E-state index < -0.39 is 11.1 Å². The number of amides is 1.